The number of carbonyl (C=O) groups excluding carboxylic acids is 1. The Balaban J connectivity index is 2.65. The van der Waals surface area contributed by atoms with Gasteiger partial charge in [-0.25, -0.2) is 0 Å². The Morgan fingerprint density at radius 3 is 2.64 bits per heavy atom. The standard InChI is InChI=1S/C9H8BrNO3/c10-9-4-2-1-3-7(9)5-8(12)6-11(13)14/h1-4H,5-6H2. The van der Waals surface area contributed by atoms with Crippen molar-refractivity contribution in [2.24, 2.45) is 0 Å². The van der Waals surface area contributed by atoms with Gasteiger partial charge >= 0.3 is 0 Å². The van der Waals surface area contributed by atoms with Crippen molar-refractivity contribution in [1.29, 1.82) is 0 Å². The van der Waals surface area contributed by atoms with Crippen LogP contribution in [0.15, 0.2) is 28.7 Å². The summed E-state index contributed by atoms with van der Waals surface area (Å²) in [6.45, 7) is -0.610. The molecule has 0 N–H and O–H groups in total. The molecule has 14 heavy (non-hydrogen) atoms. The van der Waals surface area contributed by atoms with Gasteiger partial charge in [0, 0.05) is 15.8 Å². The molecular weight excluding hydrogens is 250 g/mol. The van der Waals surface area contributed by atoms with E-state index in [0.717, 1.165) is 10.0 Å². The summed E-state index contributed by atoms with van der Waals surface area (Å²) in [5.41, 5.74) is 0.777. The average Bonchev–Trinajstić information content (AvgIpc) is 2.07. The number of nitro groups is 1. The maximum Gasteiger partial charge on any atom is 0.261 e. The van der Waals surface area contributed by atoms with Crippen LogP contribution >= 0.6 is 15.9 Å². The number of nitrogens with zero attached hydrogens (tertiary/aromatic N) is 1. The lowest BCUT2D eigenvalue weighted by molar-refractivity contribution is -0.467. The van der Waals surface area contributed by atoms with Gasteiger partial charge in [-0.2, -0.15) is 0 Å². The summed E-state index contributed by atoms with van der Waals surface area (Å²) in [7, 11) is 0. The first-order valence-corrected chi connectivity index (χ1v) is 4.76. The summed E-state index contributed by atoms with van der Waals surface area (Å²) in [6, 6.07) is 7.18. The maximum atomic E-state index is 11.1. The summed E-state index contributed by atoms with van der Waals surface area (Å²) in [6.07, 6.45) is 0.0996. The van der Waals surface area contributed by atoms with Gasteiger partial charge < -0.3 is 0 Å². The zero-order valence-electron chi connectivity index (χ0n) is 7.27. The third-order valence-corrected chi connectivity index (χ3v) is 2.42. The fourth-order valence-corrected chi connectivity index (χ4v) is 1.48. The summed E-state index contributed by atoms with van der Waals surface area (Å²) in [5, 5.41) is 10.1. The molecule has 0 bridgehead atoms. The summed E-state index contributed by atoms with van der Waals surface area (Å²) in [5.74, 6) is -0.387. The highest BCUT2D eigenvalue weighted by molar-refractivity contribution is 9.10. The first kappa shape index (κ1) is 10.8. The maximum absolute atomic E-state index is 11.1. The van der Waals surface area contributed by atoms with E-state index in [-0.39, 0.29) is 12.2 Å². The molecule has 1 rings (SSSR count). The van der Waals surface area contributed by atoms with Crippen LogP contribution in [0.4, 0.5) is 0 Å². The Labute approximate surface area is 89.2 Å². The number of benzene rings is 1. The van der Waals surface area contributed by atoms with E-state index in [1.807, 2.05) is 6.07 Å². The number of rotatable bonds is 4. The molecule has 0 saturated heterocycles. The quantitative estimate of drug-likeness (QED) is 0.611. The number of hydrogen-bond acceptors (Lipinski definition) is 3. The number of hydrogen-bond donors (Lipinski definition) is 0. The second-order valence-electron chi connectivity index (χ2n) is 2.80. The van der Waals surface area contributed by atoms with Gasteiger partial charge in [0.25, 0.3) is 6.54 Å². The molecule has 0 aliphatic carbocycles. The van der Waals surface area contributed by atoms with Crippen LogP contribution in [0, 0.1) is 10.1 Å². The molecule has 1 aromatic rings. The van der Waals surface area contributed by atoms with E-state index in [0.29, 0.717) is 0 Å². The van der Waals surface area contributed by atoms with Crippen molar-refractivity contribution in [2.45, 2.75) is 6.42 Å². The van der Waals surface area contributed by atoms with E-state index in [4.69, 9.17) is 0 Å². The minimum atomic E-state index is -0.612. The largest absolute Gasteiger partial charge is 0.292 e. The second-order valence-corrected chi connectivity index (χ2v) is 3.65. The van der Waals surface area contributed by atoms with Gasteiger partial charge in [-0.05, 0) is 11.6 Å². The molecule has 0 heterocycles. The Bertz CT molecular complexity index is 365. The van der Waals surface area contributed by atoms with Gasteiger partial charge in [-0.15, -0.1) is 0 Å². The van der Waals surface area contributed by atoms with E-state index in [1.165, 1.54) is 0 Å². The molecule has 74 valence electrons. The Morgan fingerprint density at radius 2 is 2.07 bits per heavy atom. The zero-order valence-corrected chi connectivity index (χ0v) is 8.86. The third kappa shape index (κ3) is 3.26. The molecule has 0 spiro atoms. The van der Waals surface area contributed by atoms with Crippen LogP contribution in [0.25, 0.3) is 0 Å². The smallest absolute Gasteiger partial charge is 0.261 e. The van der Waals surface area contributed by atoms with Gasteiger partial charge in [0.2, 0.25) is 5.78 Å². The van der Waals surface area contributed by atoms with E-state index < -0.39 is 11.5 Å². The highest BCUT2D eigenvalue weighted by Crippen LogP contribution is 2.16. The first-order chi connectivity index (χ1) is 6.59. The molecule has 0 radical (unpaired) electrons. The van der Waals surface area contributed by atoms with Crippen LogP contribution in [0.5, 0.6) is 0 Å². The van der Waals surface area contributed by atoms with E-state index in [2.05, 4.69) is 15.9 Å². The Hall–Kier alpha value is -1.23. The van der Waals surface area contributed by atoms with Crippen molar-refractivity contribution < 1.29 is 9.72 Å². The molecule has 0 atom stereocenters. The lowest BCUT2D eigenvalue weighted by Crippen LogP contribution is -2.15. The second kappa shape index (κ2) is 4.85. The van der Waals surface area contributed by atoms with Crippen molar-refractivity contribution in [3.63, 3.8) is 0 Å². The van der Waals surface area contributed by atoms with Crippen LogP contribution in [-0.2, 0) is 11.2 Å². The van der Waals surface area contributed by atoms with Crippen molar-refractivity contribution in [1.82, 2.24) is 0 Å². The molecule has 0 aliphatic heterocycles. The van der Waals surface area contributed by atoms with E-state index in [9.17, 15) is 14.9 Å². The van der Waals surface area contributed by atoms with Crippen LogP contribution in [-0.4, -0.2) is 17.3 Å². The van der Waals surface area contributed by atoms with Gasteiger partial charge in [-0.3, -0.25) is 14.9 Å². The summed E-state index contributed by atoms with van der Waals surface area (Å²) >= 11 is 3.27. The van der Waals surface area contributed by atoms with E-state index in [1.54, 1.807) is 18.2 Å². The molecule has 1 aromatic carbocycles. The van der Waals surface area contributed by atoms with Gasteiger partial charge in [0.05, 0.1) is 0 Å². The van der Waals surface area contributed by atoms with Crippen LogP contribution in [0.3, 0.4) is 0 Å². The molecule has 0 amide bonds. The molecule has 0 fully saturated rings. The predicted octanol–water partition coefficient (Wildman–Crippen LogP) is 1.84. The van der Waals surface area contributed by atoms with Gasteiger partial charge in [0.1, 0.15) is 0 Å². The molecular formula is C9H8BrNO3. The van der Waals surface area contributed by atoms with Crippen LogP contribution in [0.1, 0.15) is 5.56 Å². The normalized spacial score (nSPS) is 9.79. The van der Waals surface area contributed by atoms with Crippen molar-refractivity contribution in [2.75, 3.05) is 6.54 Å². The monoisotopic (exact) mass is 257 g/mol. The molecule has 5 heteroatoms. The van der Waals surface area contributed by atoms with Crippen molar-refractivity contribution >= 4 is 21.7 Å². The Morgan fingerprint density at radius 1 is 1.43 bits per heavy atom. The SMILES string of the molecule is O=C(Cc1ccccc1Br)C[N+](=O)[O-]. The lowest BCUT2D eigenvalue weighted by atomic mass is 10.1. The van der Waals surface area contributed by atoms with Crippen LogP contribution < -0.4 is 0 Å². The molecule has 0 aromatic heterocycles. The number of carbonyl (C=O) groups is 1. The van der Waals surface area contributed by atoms with Crippen LogP contribution in [0.2, 0.25) is 0 Å². The van der Waals surface area contributed by atoms with Gasteiger partial charge in [0.15, 0.2) is 0 Å². The van der Waals surface area contributed by atoms with Crippen molar-refractivity contribution in [3.05, 3.63) is 44.4 Å². The molecule has 0 saturated carbocycles. The molecule has 4 nitrogen and oxygen atoms in total. The van der Waals surface area contributed by atoms with Crippen molar-refractivity contribution in [3.8, 4) is 0 Å². The zero-order chi connectivity index (χ0) is 10.6. The predicted molar refractivity (Wildman–Crippen MR) is 54.7 cm³/mol. The topological polar surface area (TPSA) is 60.2 Å². The first-order valence-electron chi connectivity index (χ1n) is 3.96. The fraction of sp³-hybridized carbons (Fsp3) is 0.222. The Kier molecular flexibility index (Phi) is 3.76. The van der Waals surface area contributed by atoms with Gasteiger partial charge in [-0.1, -0.05) is 34.1 Å². The highest BCUT2D eigenvalue weighted by atomic mass is 79.9. The average molecular weight is 258 g/mol. The highest BCUT2D eigenvalue weighted by Gasteiger charge is 2.11. The number of ketones is 1. The molecule has 0 aliphatic rings. The minimum Gasteiger partial charge on any atom is -0.292 e. The third-order valence-electron chi connectivity index (χ3n) is 1.65. The van der Waals surface area contributed by atoms with E-state index >= 15 is 0 Å². The minimum absolute atomic E-state index is 0.0996. The number of halogens is 1. The summed E-state index contributed by atoms with van der Waals surface area (Å²) in [4.78, 5) is 20.6. The molecule has 0 unspecified atom stereocenters. The fourth-order valence-electron chi connectivity index (χ4n) is 1.05. The lowest BCUT2D eigenvalue weighted by Gasteiger charge is -2.00. The number of Topliss-reactive ketones (excluding diaryl/α,β-unsaturated/α-hetero) is 1. The summed E-state index contributed by atoms with van der Waals surface area (Å²) < 4.78 is 0.802.